The quantitative estimate of drug-likeness (QED) is 0.351. The number of benzene rings is 2. The van der Waals surface area contributed by atoms with Crippen molar-refractivity contribution >= 4 is 18.2 Å². The molecule has 0 spiro atoms. The summed E-state index contributed by atoms with van der Waals surface area (Å²) < 4.78 is 15.3. The van der Waals surface area contributed by atoms with Gasteiger partial charge in [0.2, 0.25) is 0 Å². The molecule has 0 aromatic heterocycles. The summed E-state index contributed by atoms with van der Waals surface area (Å²) >= 11 is 0. The maximum Gasteiger partial charge on any atom is 0.343 e. The molecule has 2 aromatic rings. The first-order chi connectivity index (χ1) is 11.6. The molecule has 24 heavy (non-hydrogen) atoms. The summed E-state index contributed by atoms with van der Waals surface area (Å²) in [5.74, 6) is -0.469. The van der Waals surface area contributed by atoms with Gasteiger partial charge in [0, 0.05) is 11.6 Å². The Morgan fingerprint density at radius 3 is 2.29 bits per heavy atom. The summed E-state index contributed by atoms with van der Waals surface area (Å²) in [6.45, 7) is 3.30. The number of methoxy groups -OCH3 is 1. The van der Waals surface area contributed by atoms with Crippen molar-refractivity contribution in [2.75, 3.05) is 7.11 Å². The second-order valence-corrected chi connectivity index (χ2v) is 4.57. The Morgan fingerprint density at radius 1 is 1.00 bits per heavy atom. The number of carbonyl (C=O) groups excluding carboxylic acids is 3. The molecule has 0 radical (unpaired) electrons. The summed E-state index contributed by atoms with van der Waals surface area (Å²) in [4.78, 5) is 34.0. The third-order valence-corrected chi connectivity index (χ3v) is 3.00. The zero-order valence-corrected chi connectivity index (χ0v) is 12.9. The molecule has 122 valence electrons. The molecule has 0 unspecified atom stereocenters. The number of carbonyl (C=O) groups is 3. The molecule has 0 amide bonds. The normalized spacial score (nSPS) is 9.71. The summed E-state index contributed by atoms with van der Waals surface area (Å²) in [6.07, 6.45) is 1.70. The van der Waals surface area contributed by atoms with Crippen LogP contribution in [-0.2, 0) is 4.79 Å². The number of esters is 2. The van der Waals surface area contributed by atoms with E-state index in [2.05, 4.69) is 6.58 Å². The van der Waals surface area contributed by atoms with Crippen molar-refractivity contribution in [2.24, 2.45) is 0 Å². The Labute approximate surface area is 138 Å². The average Bonchev–Trinajstić information content (AvgIpc) is 2.62. The monoisotopic (exact) mass is 326 g/mol. The number of hydrogen-bond acceptors (Lipinski definition) is 6. The topological polar surface area (TPSA) is 78.9 Å². The molecule has 0 fully saturated rings. The minimum atomic E-state index is -0.617. The molecular formula is C18H14O6. The average molecular weight is 326 g/mol. The number of aldehydes is 1. The van der Waals surface area contributed by atoms with Gasteiger partial charge in [-0.25, -0.2) is 9.59 Å². The first-order valence-electron chi connectivity index (χ1n) is 6.87. The SMILES string of the molecule is C=CC(=O)Oc1ccc(C(=O)Oc2ccc(C=O)cc2OC)cc1. The Bertz CT molecular complexity index is 777. The third kappa shape index (κ3) is 4.07. The van der Waals surface area contributed by atoms with Gasteiger partial charge in [-0.05, 0) is 42.5 Å². The van der Waals surface area contributed by atoms with Crippen molar-refractivity contribution in [1.29, 1.82) is 0 Å². The van der Waals surface area contributed by atoms with Crippen LogP contribution in [-0.4, -0.2) is 25.3 Å². The molecule has 0 heterocycles. The summed E-state index contributed by atoms with van der Waals surface area (Å²) in [5, 5.41) is 0. The molecule has 6 heteroatoms. The van der Waals surface area contributed by atoms with E-state index in [-0.39, 0.29) is 22.8 Å². The van der Waals surface area contributed by atoms with Crippen molar-refractivity contribution in [3.63, 3.8) is 0 Å². The van der Waals surface area contributed by atoms with E-state index < -0.39 is 11.9 Å². The number of rotatable bonds is 6. The first-order valence-corrected chi connectivity index (χ1v) is 6.87. The van der Waals surface area contributed by atoms with E-state index in [1.165, 1.54) is 49.6 Å². The molecule has 6 nitrogen and oxygen atoms in total. The van der Waals surface area contributed by atoms with Gasteiger partial charge in [0.15, 0.2) is 11.5 Å². The van der Waals surface area contributed by atoms with E-state index in [0.717, 1.165) is 6.08 Å². The van der Waals surface area contributed by atoms with Crippen LogP contribution in [0.2, 0.25) is 0 Å². The van der Waals surface area contributed by atoms with Crippen LogP contribution in [0.25, 0.3) is 0 Å². The molecular weight excluding hydrogens is 312 g/mol. The van der Waals surface area contributed by atoms with Crippen molar-refractivity contribution in [2.45, 2.75) is 0 Å². The van der Waals surface area contributed by atoms with E-state index in [4.69, 9.17) is 14.2 Å². The standard InChI is InChI=1S/C18H14O6/c1-3-17(20)23-14-7-5-13(6-8-14)18(21)24-15-9-4-12(11-19)10-16(15)22-2/h3-11H,1H2,2H3. The molecule has 0 atom stereocenters. The summed E-state index contributed by atoms with van der Waals surface area (Å²) in [5.41, 5.74) is 0.662. The second kappa shape index (κ2) is 7.73. The number of ether oxygens (including phenoxy) is 3. The van der Waals surface area contributed by atoms with Gasteiger partial charge in [-0.15, -0.1) is 0 Å². The highest BCUT2D eigenvalue weighted by molar-refractivity contribution is 5.92. The molecule has 0 saturated heterocycles. The highest BCUT2D eigenvalue weighted by Gasteiger charge is 2.13. The smallest absolute Gasteiger partial charge is 0.343 e. The summed E-state index contributed by atoms with van der Waals surface area (Å²) in [7, 11) is 1.41. The summed E-state index contributed by atoms with van der Waals surface area (Å²) in [6, 6.07) is 10.3. The highest BCUT2D eigenvalue weighted by atomic mass is 16.6. The second-order valence-electron chi connectivity index (χ2n) is 4.57. The van der Waals surface area contributed by atoms with Crippen molar-refractivity contribution in [3.05, 3.63) is 66.2 Å². The van der Waals surface area contributed by atoms with Crippen LogP contribution in [0.1, 0.15) is 20.7 Å². The number of hydrogen-bond donors (Lipinski definition) is 0. The lowest BCUT2D eigenvalue weighted by Gasteiger charge is -2.10. The predicted molar refractivity (Wildman–Crippen MR) is 85.6 cm³/mol. The largest absolute Gasteiger partial charge is 0.493 e. The molecule has 0 aliphatic heterocycles. The molecule has 0 aliphatic rings. The van der Waals surface area contributed by atoms with E-state index in [1.54, 1.807) is 0 Å². The van der Waals surface area contributed by atoms with Gasteiger partial charge >= 0.3 is 11.9 Å². The lowest BCUT2D eigenvalue weighted by atomic mass is 10.2. The van der Waals surface area contributed by atoms with Crippen molar-refractivity contribution in [1.82, 2.24) is 0 Å². The lowest BCUT2D eigenvalue weighted by molar-refractivity contribution is -0.128. The van der Waals surface area contributed by atoms with Crippen molar-refractivity contribution in [3.8, 4) is 17.2 Å². The third-order valence-electron chi connectivity index (χ3n) is 3.00. The lowest BCUT2D eigenvalue weighted by Crippen LogP contribution is -2.10. The van der Waals surface area contributed by atoms with Gasteiger partial charge in [-0.1, -0.05) is 6.58 Å². The minimum Gasteiger partial charge on any atom is -0.493 e. The van der Waals surface area contributed by atoms with E-state index >= 15 is 0 Å². The van der Waals surface area contributed by atoms with E-state index in [0.29, 0.717) is 11.8 Å². The van der Waals surface area contributed by atoms with Crippen LogP contribution in [0.5, 0.6) is 17.2 Å². The van der Waals surface area contributed by atoms with Crippen LogP contribution in [0.15, 0.2) is 55.1 Å². The molecule has 2 aromatic carbocycles. The first kappa shape index (κ1) is 17.0. The van der Waals surface area contributed by atoms with Gasteiger partial charge in [0.25, 0.3) is 0 Å². The van der Waals surface area contributed by atoms with E-state index in [1.807, 2.05) is 0 Å². The molecule has 0 bridgehead atoms. The Morgan fingerprint density at radius 2 is 1.71 bits per heavy atom. The predicted octanol–water partition coefficient (Wildman–Crippen LogP) is 2.82. The Balaban J connectivity index is 2.13. The fraction of sp³-hybridized carbons (Fsp3) is 0.0556. The molecule has 0 saturated carbocycles. The zero-order valence-electron chi connectivity index (χ0n) is 12.9. The van der Waals surface area contributed by atoms with Crippen LogP contribution in [0.4, 0.5) is 0 Å². The fourth-order valence-corrected chi connectivity index (χ4v) is 1.82. The van der Waals surface area contributed by atoms with Gasteiger partial charge in [0.05, 0.1) is 12.7 Å². The minimum absolute atomic E-state index is 0.190. The van der Waals surface area contributed by atoms with Crippen LogP contribution < -0.4 is 14.2 Å². The highest BCUT2D eigenvalue weighted by Crippen LogP contribution is 2.28. The van der Waals surface area contributed by atoms with Gasteiger partial charge < -0.3 is 14.2 Å². The van der Waals surface area contributed by atoms with Crippen LogP contribution in [0.3, 0.4) is 0 Å². The van der Waals surface area contributed by atoms with Gasteiger partial charge in [0.1, 0.15) is 12.0 Å². The Hall–Kier alpha value is -3.41. The molecule has 0 aliphatic carbocycles. The van der Waals surface area contributed by atoms with Gasteiger partial charge in [-0.2, -0.15) is 0 Å². The maximum absolute atomic E-state index is 12.2. The fourth-order valence-electron chi connectivity index (χ4n) is 1.82. The zero-order chi connectivity index (χ0) is 17.5. The molecule has 2 rings (SSSR count). The van der Waals surface area contributed by atoms with Gasteiger partial charge in [-0.3, -0.25) is 4.79 Å². The maximum atomic E-state index is 12.2. The van der Waals surface area contributed by atoms with Crippen molar-refractivity contribution < 1.29 is 28.6 Å². The molecule has 0 N–H and O–H groups in total. The Kier molecular flexibility index (Phi) is 5.46. The van der Waals surface area contributed by atoms with Crippen LogP contribution >= 0.6 is 0 Å². The van der Waals surface area contributed by atoms with Crippen LogP contribution in [0, 0.1) is 0 Å². The van der Waals surface area contributed by atoms with E-state index in [9.17, 15) is 14.4 Å².